The summed E-state index contributed by atoms with van der Waals surface area (Å²) in [5.74, 6) is 0.158. The molecule has 3 nitrogen and oxygen atoms in total. The summed E-state index contributed by atoms with van der Waals surface area (Å²) in [6.07, 6.45) is 12.4. The van der Waals surface area contributed by atoms with E-state index in [1.165, 1.54) is 22.3 Å². The number of hydrogen-bond acceptors (Lipinski definition) is 2. The SMILES string of the molecule is CCCC(=O)NCCC1=CCC2=C1C1=CCOC1C=C2. The minimum absolute atomic E-state index is 0.143. The van der Waals surface area contributed by atoms with E-state index in [-0.39, 0.29) is 12.0 Å². The Kier molecular flexibility index (Phi) is 3.88. The number of carbonyl (C=O) groups excluding carboxylic acids is 1. The molecule has 2 aliphatic carbocycles. The van der Waals surface area contributed by atoms with Crippen molar-refractivity contribution in [3.8, 4) is 0 Å². The highest BCUT2D eigenvalue weighted by Gasteiger charge is 2.29. The maximum atomic E-state index is 11.5. The van der Waals surface area contributed by atoms with Crippen LogP contribution in [-0.2, 0) is 9.53 Å². The highest BCUT2D eigenvalue weighted by Crippen LogP contribution is 2.41. The van der Waals surface area contributed by atoms with E-state index in [0.29, 0.717) is 13.0 Å². The standard InChI is InChI=1S/C17H21NO2/c1-2-3-16(19)18-10-8-13-5-4-12-6-7-15-14(17(12)13)9-11-20-15/h5-7,9,15H,2-4,8,10-11H2,1H3,(H,18,19). The smallest absolute Gasteiger partial charge is 0.219 e. The summed E-state index contributed by atoms with van der Waals surface area (Å²) in [6, 6.07) is 0. The van der Waals surface area contributed by atoms with Gasteiger partial charge in [-0.05, 0) is 41.6 Å². The van der Waals surface area contributed by atoms with Gasteiger partial charge < -0.3 is 10.1 Å². The molecular formula is C17H21NO2. The molecule has 1 heterocycles. The Morgan fingerprint density at radius 2 is 2.35 bits per heavy atom. The Morgan fingerprint density at radius 1 is 1.45 bits per heavy atom. The molecule has 1 amide bonds. The van der Waals surface area contributed by atoms with E-state index < -0.39 is 0 Å². The second-order valence-corrected chi connectivity index (χ2v) is 5.46. The van der Waals surface area contributed by atoms with Crippen LogP contribution in [0.5, 0.6) is 0 Å². The summed E-state index contributed by atoms with van der Waals surface area (Å²) in [5, 5.41) is 2.99. The van der Waals surface area contributed by atoms with E-state index in [9.17, 15) is 4.79 Å². The maximum Gasteiger partial charge on any atom is 0.219 e. The fourth-order valence-corrected chi connectivity index (χ4v) is 3.10. The molecule has 0 saturated carbocycles. The van der Waals surface area contributed by atoms with E-state index >= 15 is 0 Å². The second kappa shape index (κ2) is 5.80. The Hall–Kier alpha value is -1.61. The third kappa shape index (κ3) is 2.50. The van der Waals surface area contributed by atoms with Gasteiger partial charge in [0.1, 0.15) is 6.10 Å². The normalized spacial score (nSPS) is 23.4. The maximum absolute atomic E-state index is 11.5. The molecule has 3 heteroatoms. The molecule has 20 heavy (non-hydrogen) atoms. The van der Waals surface area contributed by atoms with Gasteiger partial charge in [-0.1, -0.05) is 31.2 Å². The lowest BCUT2D eigenvalue weighted by Crippen LogP contribution is -2.24. The lowest BCUT2D eigenvalue weighted by molar-refractivity contribution is -0.121. The fraction of sp³-hybridized carbons (Fsp3) is 0.471. The zero-order valence-corrected chi connectivity index (χ0v) is 11.9. The number of rotatable bonds is 5. The molecule has 0 saturated heterocycles. The first-order valence-corrected chi connectivity index (χ1v) is 7.49. The van der Waals surface area contributed by atoms with Crippen molar-refractivity contribution in [2.75, 3.05) is 13.2 Å². The highest BCUT2D eigenvalue weighted by molar-refractivity contribution is 5.75. The molecule has 0 aromatic rings. The van der Waals surface area contributed by atoms with Crippen LogP contribution in [-0.4, -0.2) is 25.2 Å². The minimum atomic E-state index is 0.143. The summed E-state index contributed by atoms with van der Waals surface area (Å²) in [4.78, 5) is 11.5. The summed E-state index contributed by atoms with van der Waals surface area (Å²) in [6.45, 7) is 3.46. The molecular weight excluding hydrogens is 250 g/mol. The first kappa shape index (κ1) is 13.4. The van der Waals surface area contributed by atoms with E-state index in [1.54, 1.807) is 0 Å². The first-order valence-electron chi connectivity index (χ1n) is 7.49. The van der Waals surface area contributed by atoms with E-state index in [2.05, 4.69) is 29.6 Å². The zero-order chi connectivity index (χ0) is 13.9. The largest absolute Gasteiger partial charge is 0.365 e. The molecule has 1 atom stereocenters. The summed E-state index contributed by atoms with van der Waals surface area (Å²) in [5.41, 5.74) is 5.46. The van der Waals surface area contributed by atoms with Crippen LogP contribution in [0.25, 0.3) is 0 Å². The van der Waals surface area contributed by atoms with Crippen LogP contribution in [0.3, 0.4) is 0 Å². The summed E-state index contributed by atoms with van der Waals surface area (Å²) >= 11 is 0. The molecule has 0 bridgehead atoms. The van der Waals surface area contributed by atoms with Crippen LogP contribution in [0.1, 0.15) is 32.6 Å². The predicted molar refractivity (Wildman–Crippen MR) is 79.2 cm³/mol. The summed E-state index contributed by atoms with van der Waals surface area (Å²) < 4.78 is 5.68. The van der Waals surface area contributed by atoms with Crippen LogP contribution in [0, 0.1) is 0 Å². The van der Waals surface area contributed by atoms with Crippen molar-refractivity contribution in [3.63, 3.8) is 0 Å². The topological polar surface area (TPSA) is 38.3 Å². The van der Waals surface area contributed by atoms with Gasteiger partial charge in [0.15, 0.2) is 0 Å². The molecule has 0 fully saturated rings. The molecule has 0 aromatic carbocycles. The van der Waals surface area contributed by atoms with Crippen LogP contribution in [0.2, 0.25) is 0 Å². The lowest BCUT2D eigenvalue weighted by atomic mass is 9.88. The molecule has 3 rings (SSSR count). The van der Waals surface area contributed by atoms with Crippen LogP contribution < -0.4 is 5.32 Å². The van der Waals surface area contributed by atoms with Gasteiger partial charge in [0.05, 0.1) is 6.61 Å². The van der Waals surface area contributed by atoms with Crippen LogP contribution >= 0.6 is 0 Å². The molecule has 1 unspecified atom stereocenters. The number of nitrogens with one attached hydrogen (secondary N) is 1. The highest BCUT2D eigenvalue weighted by atomic mass is 16.5. The Labute approximate surface area is 120 Å². The first-order chi connectivity index (χ1) is 9.79. The molecule has 0 spiro atoms. The van der Waals surface area contributed by atoms with Crippen molar-refractivity contribution >= 4 is 5.91 Å². The van der Waals surface area contributed by atoms with Gasteiger partial charge in [0, 0.05) is 13.0 Å². The fourth-order valence-electron chi connectivity index (χ4n) is 3.10. The van der Waals surface area contributed by atoms with Gasteiger partial charge >= 0.3 is 0 Å². The van der Waals surface area contributed by atoms with Crippen LogP contribution in [0.4, 0.5) is 0 Å². The number of allylic oxidation sites excluding steroid dienone is 3. The predicted octanol–water partition coefficient (Wildman–Crippen LogP) is 2.81. The monoisotopic (exact) mass is 271 g/mol. The van der Waals surface area contributed by atoms with Crippen molar-refractivity contribution in [2.24, 2.45) is 0 Å². The third-order valence-corrected chi connectivity index (χ3v) is 4.05. The average Bonchev–Trinajstić information content (AvgIpc) is 3.04. The van der Waals surface area contributed by atoms with Crippen molar-refractivity contribution in [1.82, 2.24) is 5.32 Å². The van der Waals surface area contributed by atoms with Gasteiger partial charge in [0.25, 0.3) is 0 Å². The average molecular weight is 271 g/mol. The quantitative estimate of drug-likeness (QED) is 0.835. The number of hydrogen-bond donors (Lipinski definition) is 1. The van der Waals surface area contributed by atoms with Crippen molar-refractivity contribution < 1.29 is 9.53 Å². The minimum Gasteiger partial charge on any atom is -0.365 e. The number of ether oxygens (including phenoxy) is 1. The molecule has 106 valence electrons. The van der Waals surface area contributed by atoms with Gasteiger partial charge in [-0.3, -0.25) is 4.79 Å². The number of carbonyl (C=O) groups is 1. The lowest BCUT2D eigenvalue weighted by Gasteiger charge is -2.20. The Bertz CT molecular complexity index is 537. The number of amides is 1. The molecule has 3 aliphatic rings. The van der Waals surface area contributed by atoms with E-state index in [1.807, 2.05) is 6.92 Å². The van der Waals surface area contributed by atoms with Crippen LogP contribution in [0.15, 0.2) is 46.6 Å². The Morgan fingerprint density at radius 3 is 3.20 bits per heavy atom. The van der Waals surface area contributed by atoms with Crippen molar-refractivity contribution in [1.29, 1.82) is 0 Å². The van der Waals surface area contributed by atoms with E-state index in [4.69, 9.17) is 4.74 Å². The van der Waals surface area contributed by atoms with Gasteiger partial charge in [-0.25, -0.2) is 0 Å². The summed E-state index contributed by atoms with van der Waals surface area (Å²) in [7, 11) is 0. The zero-order valence-electron chi connectivity index (χ0n) is 11.9. The van der Waals surface area contributed by atoms with E-state index in [0.717, 1.165) is 25.8 Å². The molecule has 1 aliphatic heterocycles. The molecule has 0 aromatic heterocycles. The van der Waals surface area contributed by atoms with Gasteiger partial charge in [0.2, 0.25) is 5.91 Å². The molecule has 1 N–H and O–H groups in total. The van der Waals surface area contributed by atoms with Crippen molar-refractivity contribution in [3.05, 3.63) is 46.6 Å². The number of fused-ring (bicyclic) bond motifs is 2. The third-order valence-electron chi connectivity index (χ3n) is 4.05. The Balaban J connectivity index is 1.62. The van der Waals surface area contributed by atoms with Gasteiger partial charge in [-0.15, -0.1) is 0 Å². The molecule has 0 radical (unpaired) electrons. The second-order valence-electron chi connectivity index (χ2n) is 5.46. The van der Waals surface area contributed by atoms with Gasteiger partial charge in [-0.2, -0.15) is 0 Å². The van der Waals surface area contributed by atoms with Crippen molar-refractivity contribution in [2.45, 2.75) is 38.7 Å².